The van der Waals surface area contributed by atoms with Crippen LogP contribution in [0.4, 0.5) is 4.39 Å². The Morgan fingerprint density at radius 3 is 2.65 bits per heavy atom. The van der Waals surface area contributed by atoms with E-state index in [-0.39, 0.29) is 28.6 Å². The lowest BCUT2D eigenvalue weighted by atomic mass is 10.0. The van der Waals surface area contributed by atoms with Crippen molar-refractivity contribution in [3.63, 3.8) is 0 Å². The van der Waals surface area contributed by atoms with Crippen molar-refractivity contribution < 1.29 is 27.1 Å². The number of halogens is 2. The van der Waals surface area contributed by atoms with Gasteiger partial charge < -0.3 is 10.1 Å². The van der Waals surface area contributed by atoms with Crippen LogP contribution in [0, 0.1) is 28.5 Å². The van der Waals surface area contributed by atoms with Gasteiger partial charge in [-0.15, -0.1) is 0 Å². The van der Waals surface area contributed by atoms with Gasteiger partial charge in [-0.3, -0.25) is 9.59 Å². The van der Waals surface area contributed by atoms with Crippen molar-refractivity contribution in [3.8, 4) is 6.07 Å². The summed E-state index contributed by atoms with van der Waals surface area (Å²) in [7, 11) is -4.00. The lowest BCUT2D eigenvalue weighted by Crippen LogP contribution is -2.28. The SMILES string of the molecule is CC(=N)C(C#N)C(=O)COC(=O)CCNS(=O)(=O)c1ccc(F)c(Cl)c1. The van der Waals surface area contributed by atoms with Gasteiger partial charge in [0.05, 0.1) is 22.4 Å². The number of hydrogen-bond acceptors (Lipinski definition) is 7. The van der Waals surface area contributed by atoms with E-state index >= 15 is 0 Å². The number of carbonyl (C=O) groups excluding carboxylic acids is 2. The third kappa shape index (κ3) is 6.18. The second-order valence-corrected chi connectivity index (χ2v) is 7.27. The maximum atomic E-state index is 13.1. The lowest BCUT2D eigenvalue weighted by Gasteiger charge is -2.09. The number of carbonyl (C=O) groups is 2. The topological polar surface area (TPSA) is 137 Å². The second-order valence-electron chi connectivity index (χ2n) is 5.10. The molecule has 0 spiro atoms. The highest BCUT2D eigenvalue weighted by Crippen LogP contribution is 2.19. The maximum Gasteiger partial charge on any atom is 0.307 e. The minimum atomic E-state index is -4.00. The van der Waals surface area contributed by atoms with Crippen LogP contribution >= 0.6 is 11.6 Å². The van der Waals surface area contributed by atoms with Gasteiger partial charge in [0.15, 0.2) is 12.4 Å². The van der Waals surface area contributed by atoms with Gasteiger partial charge in [-0.05, 0) is 25.1 Å². The molecule has 0 aliphatic carbocycles. The molecule has 1 aromatic carbocycles. The Hall–Kier alpha value is -2.35. The van der Waals surface area contributed by atoms with Crippen LogP contribution in [0.5, 0.6) is 0 Å². The molecule has 0 aromatic heterocycles. The molecule has 1 aromatic rings. The fourth-order valence-corrected chi connectivity index (χ4v) is 3.04. The van der Waals surface area contributed by atoms with E-state index in [2.05, 4.69) is 9.46 Å². The minimum Gasteiger partial charge on any atom is -0.458 e. The summed E-state index contributed by atoms with van der Waals surface area (Å²) in [6, 6.07) is 4.46. The van der Waals surface area contributed by atoms with Crippen molar-refractivity contribution >= 4 is 39.1 Å². The van der Waals surface area contributed by atoms with Gasteiger partial charge in [0.2, 0.25) is 10.0 Å². The number of ketones is 1. The lowest BCUT2D eigenvalue weighted by molar-refractivity contribution is -0.148. The zero-order valence-electron chi connectivity index (χ0n) is 13.6. The van der Waals surface area contributed by atoms with Crippen molar-refractivity contribution in [3.05, 3.63) is 29.0 Å². The van der Waals surface area contributed by atoms with E-state index < -0.39 is 40.1 Å². The smallest absolute Gasteiger partial charge is 0.307 e. The Balaban J connectivity index is 2.50. The average molecular weight is 404 g/mol. The summed E-state index contributed by atoms with van der Waals surface area (Å²) >= 11 is 5.52. The van der Waals surface area contributed by atoms with Crippen LogP contribution in [-0.2, 0) is 24.3 Å². The average Bonchev–Trinajstić information content (AvgIpc) is 2.55. The highest BCUT2D eigenvalue weighted by Gasteiger charge is 2.22. The van der Waals surface area contributed by atoms with Crippen molar-refractivity contribution in [2.75, 3.05) is 13.2 Å². The predicted molar refractivity (Wildman–Crippen MR) is 89.7 cm³/mol. The first-order valence-corrected chi connectivity index (χ1v) is 9.02. The summed E-state index contributed by atoms with van der Waals surface area (Å²) in [6.45, 7) is 0.271. The molecule has 0 fully saturated rings. The molecule has 1 rings (SSSR count). The van der Waals surface area contributed by atoms with Crippen LogP contribution in [-0.4, -0.2) is 39.0 Å². The van der Waals surface area contributed by atoms with Crippen molar-refractivity contribution in [2.45, 2.75) is 18.2 Å². The molecule has 1 unspecified atom stereocenters. The zero-order chi connectivity index (χ0) is 19.9. The number of hydrogen-bond donors (Lipinski definition) is 2. The molecule has 2 N–H and O–H groups in total. The standard InChI is InChI=1S/C15H15ClFN3O5S/c1-9(19)11(7-18)14(21)8-25-15(22)4-5-20-26(23,24)10-2-3-13(17)12(16)6-10/h2-3,6,11,19-20H,4-5,8H2,1H3. The summed E-state index contributed by atoms with van der Waals surface area (Å²) < 4.78 is 43.8. The van der Waals surface area contributed by atoms with E-state index in [9.17, 15) is 22.4 Å². The maximum absolute atomic E-state index is 13.1. The first-order chi connectivity index (χ1) is 12.1. The number of Topliss-reactive ketones (excluding diaryl/α,β-unsaturated/α-hetero) is 1. The van der Waals surface area contributed by atoms with E-state index in [0.29, 0.717) is 0 Å². The number of sulfonamides is 1. The normalized spacial score (nSPS) is 12.1. The Bertz CT molecular complexity index is 867. The van der Waals surface area contributed by atoms with Crippen LogP contribution in [0.3, 0.4) is 0 Å². The van der Waals surface area contributed by atoms with Crippen LogP contribution in [0.2, 0.25) is 5.02 Å². The summed E-state index contributed by atoms with van der Waals surface area (Å²) in [4.78, 5) is 22.9. The molecule has 0 bridgehead atoms. The monoisotopic (exact) mass is 403 g/mol. The quantitative estimate of drug-likeness (QED) is 0.472. The van der Waals surface area contributed by atoms with Crippen LogP contribution in [0.1, 0.15) is 13.3 Å². The van der Waals surface area contributed by atoms with Gasteiger partial charge >= 0.3 is 5.97 Å². The van der Waals surface area contributed by atoms with E-state index in [1.807, 2.05) is 0 Å². The van der Waals surface area contributed by atoms with Crippen molar-refractivity contribution in [1.29, 1.82) is 10.7 Å². The molecule has 8 nitrogen and oxygen atoms in total. The Morgan fingerprint density at radius 1 is 1.46 bits per heavy atom. The van der Waals surface area contributed by atoms with Crippen molar-refractivity contribution in [1.82, 2.24) is 4.72 Å². The van der Waals surface area contributed by atoms with Gasteiger partial charge in [-0.25, -0.2) is 17.5 Å². The molecule has 26 heavy (non-hydrogen) atoms. The number of nitrogens with one attached hydrogen (secondary N) is 2. The molecular formula is C15H15ClFN3O5S. The fraction of sp³-hybridized carbons (Fsp3) is 0.333. The number of rotatable bonds is 9. The number of benzene rings is 1. The second kappa shape index (κ2) is 9.38. The Kier molecular flexibility index (Phi) is 7.82. The number of esters is 1. The van der Waals surface area contributed by atoms with E-state index in [0.717, 1.165) is 18.2 Å². The molecular weight excluding hydrogens is 389 g/mol. The molecule has 0 aliphatic rings. The van der Waals surface area contributed by atoms with Crippen LogP contribution < -0.4 is 4.72 Å². The molecule has 0 amide bonds. The first kappa shape index (κ1) is 21.7. The predicted octanol–water partition coefficient (Wildman–Crippen LogP) is 1.44. The zero-order valence-corrected chi connectivity index (χ0v) is 15.2. The highest BCUT2D eigenvalue weighted by atomic mass is 35.5. The van der Waals surface area contributed by atoms with Crippen LogP contribution in [0.15, 0.2) is 23.1 Å². The first-order valence-electron chi connectivity index (χ1n) is 7.16. The molecule has 140 valence electrons. The highest BCUT2D eigenvalue weighted by molar-refractivity contribution is 7.89. The van der Waals surface area contributed by atoms with E-state index in [1.165, 1.54) is 6.92 Å². The largest absolute Gasteiger partial charge is 0.458 e. The molecule has 0 saturated carbocycles. The molecule has 0 radical (unpaired) electrons. The van der Waals surface area contributed by atoms with Gasteiger partial charge in [0.1, 0.15) is 11.7 Å². The summed E-state index contributed by atoms with van der Waals surface area (Å²) in [6.07, 6.45) is -0.373. The third-order valence-corrected chi connectivity index (χ3v) is 4.83. The number of nitrogens with zero attached hydrogens (tertiary/aromatic N) is 1. The molecule has 0 heterocycles. The van der Waals surface area contributed by atoms with Crippen molar-refractivity contribution in [2.24, 2.45) is 5.92 Å². The Labute approximate surface area is 154 Å². The summed E-state index contributed by atoms with van der Waals surface area (Å²) in [5.41, 5.74) is -0.167. The number of ether oxygens (including phenoxy) is 1. The van der Waals surface area contributed by atoms with Gasteiger partial charge in [0, 0.05) is 12.3 Å². The molecule has 0 saturated heterocycles. The summed E-state index contributed by atoms with van der Waals surface area (Å²) in [5.74, 6) is -3.66. The van der Waals surface area contributed by atoms with Crippen LogP contribution in [0.25, 0.3) is 0 Å². The minimum absolute atomic E-state index is 0.167. The fourth-order valence-electron chi connectivity index (χ4n) is 1.73. The van der Waals surface area contributed by atoms with E-state index in [4.69, 9.17) is 22.3 Å². The number of nitriles is 1. The van der Waals surface area contributed by atoms with Gasteiger partial charge in [0.25, 0.3) is 0 Å². The van der Waals surface area contributed by atoms with Gasteiger partial charge in [-0.1, -0.05) is 11.6 Å². The molecule has 1 atom stereocenters. The molecule has 11 heteroatoms. The summed E-state index contributed by atoms with van der Waals surface area (Å²) in [5, 5.41) is 15.6. The molecule has 0 aliphatic heterocycles. The third-order valence-electron chi connectivity index (χ3n) is 3.08. The van der Waals surface area contributed by atoms with Gasteiger partial charge in [-0.2, -0.15) is 5.26 Å². The Morgan fingerprint density at radius 2 is 2.12 bits per heavy atom. The van der Waals surface area contributed by atoms with E-state index in [1.54, 1.807) is 6.07 Å².